The van der Waals surface area contributed by atoms with Gasteiger partial charge in [-0.15, -0.1) is 0 Å². The summed E-state index contributed by atoms with van der Waals surface area (Å²) in [5.74, 6) is 1.07. The van der Waals surface area contributed by atoms with Crippen LogP contribution < -0.4 is 4.74 Å². The Bertz CT molecular complexity index is 696. The van der Waals surface area contributed by atoms with Crippen molar-refractivity contribution in [2.24, 2.45) is 5.92 Å². The van der Waals surface area contributed by atoms with E-state index in [4.69, 9.17) is 4.74 Å². The number of rotatable bonds is 4. The predicted molar refractivity (Wildman–Crippen MR) is 108 cm³/mol. The zero-order chi connectivity index (χ0) is 20.4. The monoisotopic (exact) mass is 374 g/mol. The molecule has 1 aromatic carbocycles. The fraction of sp³-hybridized carbons (Fsp3) is 0.636. The summed E-state index contributed by atoms with van der Waals surface area (Å²) in [6.07, 6.45) is 0.325. The average Bonchev–Trinajstić information content (AvgIpc) is 2.59. The smallest absolute Gasteiger partial charge is 0.227 e. The minimum absolute atomic E-state index is 0.000346. The third kappa shape index (κ3) is 5.02. The topological polar surface area (TPSA) is 49.9 Å². The van der Waals surface area contributed by atoms with Crippen LogP contribution in [0.4, 0.5) is 0 Å². The molecule has 1 fully saturated rings. The first kappa shape index (κ1) is 21.3. The van der Waals surface area contributed by atoms with Gasteiger partial charge in [-0.1, -0.05) is 52.3 Å². The first-order chi connectivity index (χ1) is 12.5. The van der Waals surface area contributed by atoms with Crippen LogP contribution in [0.5, 0.6) is 5.75 Å². The molecule has 1 aliphatic rings. The lowest BCUT2D eigenvalue weighted by molar-refractivity contribution is -0.141. The van der Waals surface area contributed by atoms with Crippen LogP contribution in [0, 0.1) is 12.8 Å². The van der Waals surface area contributed by atoms with Crippen LogP contribution in [0.25, 0.3) is 0 Å². The van der Waals surface area contributed by atoms with Crippen LogP contribution in [0.2, 0.25) is 0 Å². The lowest BCUT2D eigenvalue weighted by Crippen LogP contribution is -2.51. The molecule has 1 saturated heterocycles. The van der Waals surface area contributed by atoms with Crippen molar-refractivity contribution in [2.45, 2.75) is 53.4 Å². The maximum atomic E-state index is 12.9. The molecule has 150 valence electrons. The van der Waals surface area contributed by atoms with Crippen LogP contribution in [0.3, 0.4) is 0 Å². The maximum Gasteiger partial charge on any atom is 0.227 e. The zero-order valence-corrected chi connectivity index (χ0v) is 17.9. The number of hydrogen-bond acceptors (Lipinski definition) is 3. The van der Waals surface area contributed by atoms with Gasteiger partial charge in [-0.05, 0) is 12.3 Å². The molecule has 0 bridgehead atoms. The highest BCUT2D eigenvalue weighted by Gasteiger charge is 2.27. The Morgan fingerprint density at radius 1 is 1.07 bits per heavy atom. The van der Waals surface area contributed by atoms with Crippen LogP contribution in [-0.2, 0) is 21.4 Å². The van der Waals surface area contributed by atoms with Gasteiger partial charge in [0, 0.05) is 43.2 Å². The van der Waals surface area contributed by atoms with Crippen molar-refractivity contribution >= 4 is 11.8 Å². The van der Waals surface area contributed by atoms with Crippen molar-refractivity contribution in [1.29, 1.82) is 0 Å². The van der Waals surface area contributed by atoms with Gasteiger partial charge in [0.1, 0.15) is 5.75 Å². The van der Waals surface area contributed by atoms with Crippen molar-refractivity contribution in [2.75, 3.05) is 33.3 Å². The molecule has 5 heteroatoms. The average molecular weight is 375 g/mol. The minimum Gasteiger partial charge on any atom is -0.496 e. The van der Waals surface area contributed by atoms with Gasteiger partial charge in [0.2, 0.25) is 11.8 Å². The molecule has 2 rings (SSSR count). The number of carbonyl (C=O) groups is 2. The number of ether oxygens (including phenoxy) is 1. The standard InChI is InChI=1S/C22H34N2O3/c1-15(2)21(26)24-10-8-23(9-11-24)19(25)14-17-12-16(3)13-18(20(17)27-7)22(4,5)6/h12-13,15H,8-11,14H2,1-7H3. The second-order valence-electron chi connectivity index (χ2n) is 8.79. The van der Waals surface area contributed by atoms with Gasteiger partial charge in [-0.3, -0.25) is 9.59 Å². The number of carbonyl (C=O) groups excluding carboxylic acids is 2. The second kappa shape index (κ2) is 8.32. The van der Waals surface area contributed by atoms with Gasteiger partial charge in [0.25, 0.3) is 0 Å². The van der Waals surface area contributed by atoms with E-state index in [-0.39, 0.29) is 23.1 Å². The van der Waals surface area contributed by atoms with Gasteiger partial charge in [0.05, 0.1) is 13.5 Å². The molecule has 1 heterocycles. The highest BCUT2D eigenvalue weighted by molar-refractivity contribution is 5.81. The summed E-state index contributed by atoms with van der Waals surface area (Å²) in [5, 5.41) is 0. The van der Waals surface area contributed by atoms with Crippen molar-refractivity contribution < 1.29 is 14.3 Å². The van der Waals surface area contributed by atoms with Crippen molar-refractivity contribution in [3.8, 4) is 5.75 Å². The molecule has 0 aliphatic carbocycles. The molecule has 1 aromatic rings. The molecular formula is C22H34N2O3. The molecule has 0 atom stereocenters. The number of benzene rings is 1. The van der Waals surface area contributed by atoms with Crippen molar-refractivity contribution in [1.82, 2.24) is 9.80 Å². The summed E-state index contributed by atoms with van der Waals surface area (Å²) in [6, 6.07) is 4.19. The number of piperazine rings is 1. The van der Waals surface area contributed by atoms with Crippen molar-refractivity contribution in [3.05, 3.63) is 28.8 Å². The molecule has 27 heavy (non-hydrogen) atoms. The van der Waals surface area contributed by atoms with Gasteiger partial charge in [-0.25, -0.2) is 0 Å². The first-order valence-electron chi connectivity index (χ1n) is 9.79. The molecule has 0 radical (unpaired) electrons. The highest BCUT2D eigenvalue weighted by Crippen LogP contribution is 2.35. The van der Waals surface area contributed by atoms with Crippen molar-refractivity contribution in [3.63, 3.8) is 0 Å². The highest BCUT2D eigenvalue weighted by atomic mass is 16.5. The summed E-state index contributed by atoms with van der Waals surface area (Å²) >= 11 is 0. The van der Waals surface area contributed by atoms with E-state index >= 15 is 0 Å². The first-order valence-corrected chi connectivity index (χ1v) is 9.79. The number of amides is 2. The Balaban J connectivity index is 2.13. The largest absolute Gasteiger partial charge is 0.496 e. The van der Waals surface area contributed by atoms with Gasteiger partial charge < -0.3 is 14.5 Å². The van der Waals surface area contributed by atoms with Gasteiger partial charge in [0.15, 0.2) is 0 Å². The van der Waals surface area contributed by atoms with E-state index in [1.54, 1.807) is 7.11 Å². The quantitative estimate of drug-likeness (QED) is 0.813. The van der Waals surface area contributed by atoms with E-state index in [9.17, 15) is 9.59 Å². The number of nitrogens with zero attached hydrogens (tertiary/aromatic N) is 2. The van der Waals surface area contributed by atoms with Crippen LogP contribution in [0.15, 0.2) is 12.1 Å². The molecule has 2 amide bonds. The van der Waals surface area contributed by atoms with E-state index in [0.717, 1.165) is 22.4 Å². The van der Waals surface area contributed by atoms with E-state index < -0.39 is 0 Å². The minimum atomic E-state index is -0.0575. The number of aryl methyl sites for hydroxylation is 1. The van der Waals surface area contributed by atoms with E-state index in [1.807, 2.05) is 29.7 Å². The van der Waals surface area contributed by atoms with Gasteiger partial charge >= 0.3 is 0 Å². The molecule has 0 unspecified atom stereocenters. The molecular weight excluding hydrogens is 340 g/mol. The zero-order valence-electron chi connectivity index (χ0n) is 17.9. The Hall–Kier alpha value is -2.04. The normalized spacial score (nSPS) is 15.3. The lowest BCUT2D eigenvalue weighted by atomic mass is 9.83. The molecule has 0 saturated carbocycles. The number of hydrogen-bond donors (Lipinski definition) is 0. The Labute approximate surface area is 163 Å². The Kier molecular flexibility index (Phi) is 6.55. The van der Waals surface area contributed by atoms with Crippen LogP contribution >= 0.6 is 0 Å². The second-order valence-corrected chi connectivity index (χ2v) is 8.79. The molecule has 0 N–H and O–H groups in total. The summed E-state index contributed by atoms with van der Waals surface area (Å²) in [7, 11) is 1.67. The van der Waals surface area contributed by atoms with E-state index in [2.05, 4.69) is 33.8 Å². The fourth-order valence-corrected chi connectivity index (χ4v) is 3.59. The summed E-state index contributed by atoms with van der Waals surface area (Å²) in [5.41, 5.74) is 3.14. The van der Waals surface area contributed by atoms with E-state index in [1.165, 1.54) is 0 Å². The van der Waals surface area contributed by atoms with Gasteiger partial charge in [-0.2, -0.15) is 0 Å². The Morgan fingerprint density at radius 3 is 2.11 bits per heavy atom. The summed E-state index contributed by atoms with van der Waals surface area (Å²) < 4.78 is 5.70. The lowest BCUT2D eigenvalue weighted by Gasteiger charge is -2.36. The third-order valence-corrected chi connectivity index (χ3v) is 5.10. The summed E-state index contributed by atoms with van der Waals surface area (Å²) in [6.45, 7) is 14.8. The van der Waals surface area contributed by atoms with Crippen LogP contribution in [0.1, 0.15) is 51.3 Å². The predicted octanol–water partition coefficient (Wildman–Crippen LogP) is 3.17. The molecule has 0 spiro atoms. The number of methoxy groups -OCH3 is 1. The third-order valence-electron chi connectivity index (χ3n) is 5.10. The van der Waals surface area contributed by atoms with E-state index in [0.29, 0.717) is 32.6 Å². The molecule has 0 aromatic heterocycles. The van der Waals surface area contributed by atoms with Crippen LogP contribution in [-0.4, -0.2) is 54.9 Å². The maximum absolute atomic E-state index is 12.9. The molecule has 5 nitrogen and oxygen atoms in total. The SMILES string of the molecule is COc1c(CC(=O)N2CCN(C(=O)C(C)C)CC2)cc(C)cc1C(C)(C)C. The fourth-order valence-electron chi connectivity index (χ4n) is 3.59. The molecule has 1 aliphatic heterocycles. The summed E-state index contributed by atoms with van der Waals surface area (Å²) in [4.78, 5) is 28.7. The Morgan fingerprint density at radius 2 is 1.63 bits per heavy atom.